The smallest absolute Gasteiger partial charge is 0.176 e. The van der Waals surface area contributed by atoms with Gasteiger partial charge in [0.2, 0.25) is 0 Å². The molecule has 0 bridgehead atoms. The van der Waals surface area contributed by atoms with E-state index in [0.717, 1.165) is 12.2 Å². The van der Waals surface area contributed by atoms with Crippen molar-refractivity contribution in [3.63, 3.8) is 0 Å². The van der Waals surface area contributed by atoms with Crippen LogP contribution in [0.15, 0.2) is 6.33 Å². The number of aromatic nitrogens is 5. The Morgan fingerprint density at radius 3 is 2.82 bits per heavy atom. The molecule has 0 atom stereocenters. The van der Waals surface area contributed by atoms with Crippen LogP contribution in [0.5, 0.6) is 0 Å². The minimum atomic E-state index is 0.128. The maximum absolute atomic E-state index is 8.94. The van der Waals surface area contributed by atoms with Gasteiger partial charge in [0.25, 0.3) is 0 Å². The monoisotopic (exact) mass is 227 g/mol. The first kappa shape index (κ1) is 10.8. The largest absolute Gasteiger partial charge is 0.314 e. The third-order valence-electron chi connectivity index (χ3n) is 2.26. The molecule has 0 aliphatic heterocycles. The molecule has 0 saturated heterocycles. The van der Waals surface area contributed by atoms with Gasteiger partial charge < -0.3 is 4.57 Å². The minimum Gasteiger partial charge on any atom is -0.314 e. The van der Waals surface area contributed by atoms with Gasteiger partial charge in [0, 0.05) is 6.42 Å². The van der Waals surface area contributed by atoms with Crippen molar-refractivity contribution in [3.8, 4) is 12.1 Å². The van der Waals surface area contributed by atoms with Gasteiger partial charge in [-0.05, 0) is 0 Å². The van der Waals surface area contributed by atoms with Crippen molar-refractivity contribution in [2.75, 3.05) is 0 Å². The topological polar surface area (TPSA) is 107 Å². The lowest BCUT2D eigenvalue weighted by atomic mass is 10.3. The molecular formula is C10H9N7. The van der Waals surface area contributed by atoms with E-state index in [0.29, 0.717) is 12.4 Å². The summed E-state index contributed by atoms with van der Waals surface area (Å²) in [5.74, 6) is 1.36. The second kappa shape index (κ2) is 4.45. The molecule has 0 fully saturated rings. The van der Waals surface area contributed by atoms with Crippen molar-refractivity contribution in [3.05, 3.63) is 29.4 Å². The molecule has 7 nitrogen and oxygen atoms in total. The number of hydrogen-bond acceptors (Lipinski definition) is 5. The Morgan fingerprint density at radius 2 is 2.24 bits per heavy atom. The van der Waals surface area contributed by atoms with Gasteiger partial charge >= 0.3 is 0 Å². The molecule has 17 heavy (non-hydrogen) atoms. The van der Waals surface area contributed by atoms with Crippen LogP contribution >= 0.6 is 0 Å². The first-order valence-electron chi connectivity index (χ1n) is 5.04. The van der Waals surface area contributed by atoms with E-state index in [1.54, 1.807) is 4.57 Å². The standard InChI is InChI=1S/C10H9N7/c1-2-9-14-10(16-15-9)5-17-6-13-7(3-11)8(17)4-12/h6H,2,5H2,1H3,(H,14,15,16). The predicted octanol–water partition coefficient (Wildman–Crippen LogP) is 0.355. The number of aryl methyl sites for hydroxylation is 1. The summed E-state index contributed by atoms with van der Waals surface area (Å²) in [5, 5.41) is 24.5. The normalized spacial score (nSPS) is 9.82. The quantitative estimate of drug-likeness (QED) is 0.814. The Bertz CT molecular complexity index is 607. The number of hydrogen-bond donors (Lipinski definition) is 1. The molecule has 0 aliphatic rings. The number of aromatic amines is 1. The van der Waals surface area contributed by atoms with E-state index in [4.69, 9.17) is 10.5 Å². The number of nitrogens with zero attached hydrogens (tertiary/aromatic N) is 6. The van der Waals surface area contributed by atoms with Gasteiger partial charge in [-0.15, -0.1) is 0 Å². The average molecular weight is 227 g/mol. The summed E-state index contributed by atoms with van der Waals surface area (Å²) in [6, 6.07) is 3.82. The fourth-order valence-electron chi connectivity index (χ4n) is 1.43. The molecule has 0 amide bonds. The lowest BCUT2D eigenvalue weighted by Gasteiger charge is -1.98. The van der Waals surface area contributed by atoms with Crippen molar-refractivity contribution in [2.24, 2.45) is 0 Å². The van der Waals surface area contributed by atoms with E-state index in [-0.39, 0.29) is 11.4 Å². The van der Waals surface area contributed by atoms with E-state index in [9.17, 15) is 0 Å². The molecule has 0 aliphatic carbocycles. The van der Waals surface area contributed by atoms with Crippen molar-refractivity contribution < 1.29 is 0 Å². The Labute approximate surface area is 97.4 Å². The SMILES string of the molecule is CCc1n[nH]c(Cn2cnc(C#N)c2C#N)n1. The molecule has 2 aromatic rings. The highest BCUT2D eigenvalue weighted by Gasteiger charge is 2.11. The first-order valence-corrected chi connectivity index (χ1v) is 5.04. The number of nitrogens with one attached hydrogen (secondary N) is 1. The van der Waals surface area contributed by atoms with Crippen LogP contribution in [-0.4, -0.2) is 24.7 Å². The highest BCUT2D eigenvalue weighted by molar-refractivity contribution is 5.36. The van der Waals surface area contributed by atoms with Gasteiger partial charge in [-0.3, -0.25) is 5.10 Å². The highest BCUT2D eigenvalue weighted by atomic mass is 15.2. The summed E-state index contributed by atoms with van der Waals surface area (Å²) in [6.07, 6.45) is 2.19. The molecule has 2 aromatic heterocycles. The van der Waals surface area contributed by atoms with E-state index < -0.39 is 0 Å². The summed E-state index contributed by atoms with van der Waals surface area (Å²) in [7, 11) is 0. The third-order valence-corrected chi connectivity index (χ3v) is 2.26. The molecule has 1 N–H and O–H groups in total. The van der Waals surface area contributed by atoms with Crippen LogP contribution in [0.3, 0.4) is 0 Å². The van der Waals surface area contributed by atoms with E-state index in [1.165, 1.54) is 6.33 Å². The lowest BCUT2D eigenvalue weighted by Crippen LogP contribution is -2.03. The first-order chi connectivity index (χ1) is 8.28. The van der Waals surface area contributed by atoms with Crippen LogP contribution in [0.4, 0.5) is 0 Å². The van der Waals surface area contributed by atoms with Gasteiger partial charge in [-0.1, -0.05) is 6.92 Å². The number of imidazole rings is 1. The number of nitriles is 2. The molecule has 0 saturated carbocycles. The van der Waals surface area contributed by atoms with Crippen LogP contribution in [-0.2, 0) is 13.0 Å². The number of rotatable bonds is 3. The molecule has 0 radical (unpaired) electrons. The summed E-state index contributed by atoms with van der Waals surface area (Å²) in [5.41, 5.74) is 0.365. The maximum atomic E-state index is 8.94. The fraction of sp³-hybridized carbons (Fsp3) is 0.300. The summed E-state index contributed by atoms with van der Waals surface area (Å²) >= 11 is 0. The van der Waals surface area contributed by atoms with Crippen LogP contribution in [0.25, 0.3) is 0 Å². The summed E-state index contributed by atoms with van der Waals surface area (Å²) < 4.78 is 1.57. The maximum Gasteiger partial charge on any atom is 0.176 e. The molecule has 84 valence electrons. The Kier molecular flexibility index (Phi) is 2.84. The zero-order valence-electron chi connectivity index (χ0n) is 9.17. The lowest BCUT2D eigenvalue weighted by molar-refractivity contribution is 0.738. The van der Waals surface area contributed by atoms with E-state index >= 15 is 0 Å². The minimum absolute atomic E-state index is 0.128. The van der Waals surface area contributed by atoms with E-state index in [2.05, 4.69) is 20.2 Å². The molecule has 0 spiro atoms. The predicted molar refractivity (Wildman–Crippen MR) is 56.5 cm³/mol. The van der Waals surface area contributed by atoms with Crippen LogP contribution in [0, 0.1) is 22.7 Å². The van der Waals surface area contributed by atoms with Crippen molar-refractivity contribution in [1.82, 2.24) is 24.7 Å². The van der Waals surface area contributed by atoms with Crippen molar-refractivity contribution in [1.29, 1.82) is 10.5 Å². The van der Waals surface area contributed by atoms with Crippen LogP contribution in [0.1, 0.15) is 30.0 Å². The molecular weight excluding hydrogens is 218 g/mol. The Balaban J connectivity index is 2.28. The van der Waals surface area contributed by atoms with Gasteiger partial charge in [0.1, 0.15) is 18.0 Å². The fourth-order valence-corrected chi connectivity index (χ4v) is 1.43. The molecule has 0 unspecified atom stereocenters. The van der Waals surface area contributed by atoms with Crippen molar-refractivity contribution >= 4 is 0 Å². The van der Waals surface area contributed by atoms with Gasteiger partial charge in [0.05, 0.1) is 12.9 Å². The number of H-pyrrole nitrogens is 1. The van der Waals surface area contributed by atoms with Crippen LogP contribution in [0.2, 0.25) is 0 Å². The molecule has 7 heteroatoms. The summed E-state index contributed by atoms with van der Waals surface area (Å²) in [6.45, 7) is 2.31. The Morgan fingerprint density at radius 1 is 1.41 bits per heavy atom. The average Bonchev–Trinajstić information content (AvgIpc) is 2.95. The zero-order chi connectivity index (χ0) is 12.3. The van der Waals surface area contributed by atoms with Crippen LogP contribution < -0.4 is 0 Å². The molecule has 2 heterocycles. The second-order valence-electron chi connectivity index (χ2n) is 3.35. The molecule has 0 aromatic carbocycles. The van der Waals surface area contributed by atoms with Gasteiger partial charge in [0.15, 0.2) is 17.2 Å². The van der Waals surface area contributed by atoms with Gasteiger partial charge in [-0.2, -0.15) is 15.6 Å². The van der Waals surface area contributed by atoms with Gasteiger partial charge in [-0.25, -0.2) is 9.97 Å². The second-order valence-corrected chi connectivity index (χ2v) is 3.35. The highest BCUT2D eigenvalue weighted by Crippen LogP contribution is 2.07. The van der Waals surface area contributed by atoms with E-state index in [1.807, 2.05) is 19.1 Å². The summed E-state index contributed by atoms with van der Waals surface area (Å²) in [4.78, 5) is 8.07. The zero-order valence-corrected chi connectivity index (χ0v) is 9.17. The van der Waals surface area contributed by atoms with Crippen molar-refractivity contribution in [2.45, 2.75) is 19.9 Å². The third kappa shape index (κ3) is 1.99. The molecule has 2 rings (SSSR count). The Hall–Kier alpha value is -2.67.